The van der Waals surface area contributed by atoms with Crippen molar-refractivity contribution in [2.24, 2.45) is 7.05 Å². The Kier molecular flexibility index (Phi) is 7.75. The highest BCUT2D eigenvalue weighted by molar-refractivity contribution is 5.89. The fourth-order valence-electron chi connectivity index (χ4n) is 4.83. The van der Waals surface area contributed by atoms with E-state index < -0.39 is 30.1 Å². The maximum absolute atomic E-state index is 13.4. The number of anilines is 2. The van der Waals surface area contributed by atoms with Gasteiger partial charge in [-0.1, -0.05) is 32.9 Å². The first-order chi connectivity index (χ1) is 19.7. The third-order valence-electron chi connectivity index (χ3n) is 6.83. The van der Waals surface area contributed by atoms with Crippen LogP contribution in [-0.4, -0.2) is 60.0 Å². The summed E-state index contributed by atoms with van der Waals surface area (Å²) in [5, 5.41) is 18.2. The predicted octanol–water partition coefficient (Wildman–Crippen LogP) is 4.85. The van der Waals surface area contributed by atoms with Gasteiger partial charge in [0.1, 0.15) is 0 Å². The van der Waals surface area contributed by atoms with Gasteiger partial charge < -0.3 is 15.1 Å². The molecule has 4 aromatic rings. The van der Waals surface area contributed by atoms with Gasteiger partial charge in [0, 0.05) is 43.5 Å². The molecule has 1 aliphatic heterocycles. The third kappa shape index (κ3) is 6.75. The molecule has 4 heterocycles. The molecule has 0 radical (unpaired) electrons. The van der Waals surface area contributed by atoms with Gasteiger partial charge in [-0.05, 0) is 36.6 Å². The van der Waals surface area contributed by atoms with Gasteiger partial charge in [0.15, 0.2) is 0 Å². The highest BCUT2D eigenvalue weighted by Crippen LogP contribution is 2.32. The maximum Gasteiger partial charge on any atom is 0.401 e. The minimum atomic E-state index is -4.37. The number of halogens is 3. The lowest BCUT2D eigenvalue weighted by atomic mass is 9.96. The number of rotatable bonds is 6. The number of alkyl halides is 3. The van der Waals surface area contributed by atoms with Crippen LogP contribution in [0.2, 0.25) is 0 Å². The molecule has 0 saturated carbocycles. The van der Waals surface area contributed by atoms with E-state index in [2.05, 4.69) is 35.9 Å². The number of carbonyl (C=O) groups excluding carboxylic acids is 1. The number of benzene rings is 1. The number of amides is 1. The molecule has 0 fully saturated rings. The molecule has 0 aliphatic carbocycles. The Bertz CT molecular complexity index is 1590. The van der Waals surface area contributed by atoms with Crippen LogP contribution in [-0.2, 0) is 19.0 Å². The van der Waals surface area contributed by atoms with Gasteiger partial charge in [-0.2, -0.15) is 18.3 Å². The number of aryl methyl sites for hydroxylation is 2. The number of hydrogen-bond donors (Lipinski definition) is 2. The van der Waals surface area contributed by atoms with Gasteiger partial charge in [-0.15, -0.1) is 10.2 Å². The zero-order valence-corrected chi connectivity index (χ0v) is 24.0. The lowest BCUT2D eigenvalue weighted by Gasteiger charge is -2.22. The zero-order valence-electron chi connectivity index (χ0n) is 24.0. The minimum Gasteiger partial charge on any atom is -0.416 e. The summed E-state index contributed by atoms with van der Waals surface area (Å²) in [6.45, 7) is 6.62. The van der Waals surface area contributed by atoms with Crippen molar-refractivity contribution in [2.45, 2.75) is 58.3 Å². The Morgan fingerprint density at radius 1 is 1.17 bits per heavy atom. The summed E-state index contributed by atoms with van der Waals surface area (Å²) < 4.78 is 47.5. The molecule has 0 bridgehead atoms. The van der Waals surface area contributed by atoms with Crippen LogP contribution in [0.15, 0.2) is 41.1 Å². The van der Waals surface area contributed by atoms with E-state index in [0.717, 1.165) is 11.4 Å². The van der Waals surface area contributed by atoms with E-state index in [1.165, 1.54) is 4.90 Å². The summed E-state index contributed by atoms with van der Waals surface area (Å²) in [4.78, 5) is 23.3. The number of aromatic nitrogens is 6. The normalized spacial score (nSPS) is 16.1. The predicted molar refractivity (Wildman–Crippen MR) is 148 cm³/mol. The fraction of sp³-hybridized carbons (Fsp3) is 0.429. The molecular weight excluding hydrogens is 551 g/mol. The molecule has 2 N–H and O–H groups in total. The molecule has 42 heavy (non-hydrogen) atoms. The lowest BCUT2D eigenvalue weighted by Crippen LogP contribution is -2.35. The quantitative estimate of drug-likeness (QED) is 0.328. The van der Waals surface area contributed by atoms with Crippen molar-refractivity contribution in [3.05, 3.63) is 65.3 Å². The molecule has 1 unspecified atom stereocenters. The van der Waals surface area contributed by atoms with Gasteiger partial charge in [-0.25, -0.2) is 9.97 Å². The van der Waals surface area contributed by atoms with Crippen molar-refractivity contribution in [1.29, 1.82) is 0 Å². The first-order valence-electron chi connectivity index (χ1n) is 13.4. The molecule has 0 spiro atoms. The molecule has 222 valence electrons. The molecular formula is C28H32F3N9O2. The second kappa shape index (κ2) is 11.2. The van der Waals surface area contributed by atoms with Gasteiger partial charge >= 0.3 is 18.0 Å². The van der Waals surface area contributed by atoms with Crippen LogP contribution in [0.3, 0.4) is 0 Å². The van der Waals surface area contributed by atoms with Crippen molar-refractivity contribution in [3.8, 4) is 11.3 Å². The number of fused-ring (bicyclic) bond motifs is 1. The molecule has 1 aliphatic rings. The molecule has 1 amide bonds. The van der Waals surface area contributed by atoms with E-state index in [1.807, 2.05) is 59.1 Å². The van der Waals surface area contributed by atoms with E-state index in [1.54, 1.807) is 16.9 Å². The first-order valence-corrected chi connectivity index (χ1v) is 13.4. The first kappa shape index (κ1) is 29.2. The summed E-state index contributed by atoms with van der Waals surface area (Å²) in [5.41, 5.74) is 3.75. The van der Waals surface area contributed by atoms with Crippen LogP contribution in [0.25, 0.3) is 11.3 Å². The van der Waals surface area contributed by atoms with Gasteiger partial charge in [0.25, 0.3) is 0 Å². The maximum atomic E-state index is 13.4. The van der Waals surface area contributed by atoms with Crippen LogP contribution < -0.4 is 10.6 Å². The van der Waals surface area contributed by atoms with E-state index in [0.29, 0.717) is 34.2 Å². The molecule has 0 saturated heterocycles. The third-order valence-corrected chi connectivity index (χ3v) is 6.83. The van der Waals surface area contributed by atoms with Crippen LogP contribution in [0.1, 0.15) is 66.6 Å². The van der Waals surface area contributed by atoms with Crippen LogP contribution in [0.4, 0.5) is 24.8 Å². The Hall–Kier alpha value is -4.33. The SMILES string of the molecule is Cc1nn(C)cc1Nc1nccc(-c2ccc3c(c2)CN(CC(F)(F)F)CCC3NC(=O)c2nnc(C(C)(C)C)o2)n1. The van der Waals surface area contributed by atoms with Crippen molar-refractivity contribution < 1.29 is 22.4 Å². The Balaban J connectivity index is 1.44. The second-order valence-electron chi connectivity index (χ2n) is 11.4. The monoisotopic (exact) mass is 583 g/mol. The number of nitrogens with one attached hydrogen (secondary N) is 2. The average Bonchev–Trinajstić information content (AvgIpc) is 3.48. The molecule has 5 rings (SSSR count). The average molecular weight is 584 g/mol. The number of carbonyl (C=O) groups is 1. The van der Waals surface area contributed by atoms with E-state index in [-0.39, 0.29) is 25.4 Å². The highest BCUT2D eigenvalue weighted by atomic mass is 19.4. The topological polar surface area (TPSA) is 127 Å². The number of hydrogen-bond acceptors (Lipinski definition) is 9. The highest BCUT2D eigenvalue weighted by Gasteiger charge is 2.34. The van der Waals surface area contributed by atoms with E-state index in [9.17, 15) is 18.0 Å². The van der Waals surface area contributed by atoms with Crippen LogP contribution in [0.5, 0.6) is 0 Å². The van der Waals surface area contributed by atoms with E-state index >= 15 is 0 Å². The molecule has 1 aromatic carbocycles. The zero-order chi connectivity index (χ0) is 30.2. The van der Waals surface area contributed by atoms with Crippen molar-refractivity contribution in [3.63, 3.8) is 0 Å². The van der Waals surface area contributed by atoms with Crippen LogP contribution >= 0.6 is 0 Å². The van der Waals surface area contributed by atoms with Crippen molar-refractivity contribution in [2.75, 3.05) is 18.4 Å². The second-order valence-corrected chi connectivity index (χ2v) is 11.4. The molecule has 3 aromatic heterocycles. The molecule has 14 heteroatoms. The van der Waals surface area contributed by atoms with Crippen molar-refractivity contribution in [1.82, 2.24) is 40.2 Å². The fourth-order valence-corrected chi connectivity index (χ4v) is 4.83. The van der Waals surface area contributed by atoms with Gasteiger partial charge in [0.05, 0.1) is 29.7 Å². The Morgan fingerprint density at radius 2 is 1.95 bits per heavy atom. The van der Waals surface area contributed by atoms with Gasteiger partial charge in [0.2, 0.25) is 11.8 Å². The summed E-state index contributed by atoms with van der Waals surface area (Å²) in [6.07, 6.45) is -0.682. The molecule has 1 atom stereocenters. The van der Waals surface area contributed by atoms with E-state index in [4.69, 9.17) is 4.42 Å². The Labute approximate surface area is 240 Å². The summed E-state index contributed by atoms with van der Waals surface area (Å²) >= 11 is 0. The largest absolute Gasteiger partial charge is 0.416 e. The standard InChI is InChI=1S/C28H32F3N9O2/c1-16-22(14-39(5)38-16)35-26-32-10-8-20(34-26)17-6-7-19-18(12-17)13-40(15-28(29,30)31)11-9-21(19)33-23(41)24-36-37-25(42-24)27(2,3)4/h6-8,10,12,14,21H,9,11,13,15H2,1-5H3,(H,33,41)(H,32,34,35). The summed E-state index contributed by atoms with van der Waals surface area (Å²) in [6, 6.07) is 6.63. The molecule has 11 nitrogen and oxygen atoms in total. The Morgan fingerprint density at radius 3 is 2.62 bits per heavy atom. The smallest absolute Gasteiger partial charge is 0.401 e. The van der Waals surface area contributed by atoms with Gasteiger partial charge in [-0.3, -0.25) is 14.4 Å². The summed E-state index contributed by atoms with van der Waals surface area (Å²) in [5.74, 6) is -0.109. The summed E-state index contributed by atoms with van der Waals surface area (Å²) in [7, 11) is 1.81. The van der Waals surface area contributed by atoms with Crippen molar-refractivity contribution >= 4 is 17.5 Å². The van der Waals surface area contributed by atoms with Crippen LogP contribution in [0, 0.1) is 6.92 Å². The lowest BCUT2D eigenvalue weighted by molar-refractivity contribution is -0.147. The number of nitrogens with zero attached hydrogens (tertiary/aromatic N) is 7. The minimum absolute atomic E-state index is 0.0505.